The maximum absolute atomic E-state index is 13.4. The summed E-state index contributed by atoms with van der Waals surface area (Å²) in [5, 5.41) is 4.29. The van der Waals surface area contributed by atoms with E-state index < -0.39 is 17.7 Å². The number of rotatable bonds is 5. The molecule has 1 atom stereocenters. The van der Waals surface area contributed by atoms with Crippen molar-refractivity contribution < 1.29 is 18.3 Å². The molecule has 0 aliphatic heterocycles. The highest BCUT2D eigenvalue weighted by Crippen LogP contribution is 2.26. The van der Waals surface area contributed by atoms with Crippen LogP contribution in [0.4, 0.5) is 8.78 Å². The SMILES string of the molecule is Cc1cc(OC(=O)CC(C)C)n(C(C)c2ccc(F)c(F)c2)n1. The first-order valence-corrected chi connectivity index (χ1v) is 7.49. The van der Waals surface area contributed by atoms with Crippen LogP contribution in [-0.2, 0) is 4.79 Å². The average Bonchev–Trinajstić information content (AvgIpc) is 2.80. The molecule has 2 aromatic rings. The van der Waals surface area contributed by atoms with Crippen LogP contribution in [0, 0.1) is 24.5 Å². The molecule has 0 saturated heterocycles. The van der Waals surface area contributed by atoms with Gasteiger partial charge < -0.3 is 4.74 Å². The monoisotopic (exact) mass is 322 g/mol. The lowest BCUT2D eigenvalue weighted by Crippen LogP contribution is -2.16. The van der Waals surface area contributed by atoms with E-state index in [0.717, 1.165) is 12.1 Å². The third-order valence-corrected chi connectivity index (χ3v) is 3.41. The van der Waals surface area contributed by atoms with Crippen LogP contribution >= 0.6 is 0 Å². The van der Waals surface area contributed by atoms with Gasteiger partial charge in [0.15, 0.2) is 11.6 Å². The number of benzene rings is 1. The number of halogens is 2. The van der Waals surface area contributed by atoms with E-state index in [1.165, 1.54) is 10.7 Å². The van der Waals surface area contributed by atoms with Gasteiger partial charge in [-0.25, -0.2) is 13.5 Å². The molecule has 1 aromatic carbocycles. The van der Waals surface area contributed by atoms with Crippen LogP contribution in [0.25, 0.3) is 0 Å². The van der Waals surface area contributed by atoms with E-state index in [2.05, 4.69) is 5.10 Å². The fraction of sp³-hybridized carbons (Fsp3) is 0.412. The third-order valence-electron chi connectivity index (χ3n) is 3.41. The molecule has 124 valence electrons. The Balaban J connectivity index is 2.28. The molecular weight excluding hydrogens is 302 g/mol. The van der Waals surface area contributed by atoms with E-state index in [9.17, 15) is 13.6 Å². The highest BCUT2D eigenvalue weighted by Gasteiger charge is 2.19. The molecule has 0 bridgehead atoms. The van der Waals surface area contributed by atoms with Crippen molar-refractivity contribution in [1.82, 2.24) is 9.78 Å². The Morgan fingerprint density at radius 3 is 2.52 bits per heavy atom. The van der Waals surface area contributed by atoms with Crippen LogP contribution in [-0.4, -0.2) is 15.7 Å². The Hall–Kier alpha value is -2.24. The van der Waals surface area contributed by atoms with Crippen molar-refractivity contribution in [2.24, 2.45) is 5.92 Å². The van der Waals surface area contributed by atoms with Gasteiger partial charge in [-0.05, 0) is 37.5 Å². The van der Waals surface area contributed by atoms with Crippen molar-refractivity contribution in [2.45, 2.75) is 40.2 Å². The van der Waals surface area contributed by atoms with E-state index in [1.807, 2.05) is 13.8 Å². The van der Waals surface area contributed by atoms with E-state index >= 15 is 0 Å². The number of esters is 1. The van der Waals surface area contributed by atoms with Gasteiger partial charge in [0.05, 0.1) is 11.7 Å². The van der Waals surface area contributed by atoms with Gasteiger partial charge in [-0.3, -0.25) is 4.79 Å². The summed E-state index contributed by atoms with van der Waals surface area (Å²) < 4.78 is 33.4. The van der Waals surface area contributed by atoms with Gasteiger partial charge in [0.1, 0.15) is 0 Å². The third kappa shape index (κ3) is 4.15. The summed E-state index contributed by atoms with van der Waals surface area (Å²) in [4.78, 5) is 11.9. The number of hydrogen-bond donors (Lipinski definition) is 0. The lowest BCUT2D eigenvalue weighted by Gasteiger charge is -2.16. The molecule has 0 aliphatic rings. The Labute approximate surface area is 134 Å². The van der Waals surface area contributed by atoms with Crippen molar-refractivity contribution in [3.63, 3.8) is 0 Å². The van der Waals surface area contributed by atoms with Crippen molar-refractivity contribution in [2.75, 3.05) is 0 Å². The number of ether oxygens (including phenoxy) is 1. The summed E-state index contributed by atoms with van der Waals surface area (Å²) in [5.41, 5.74) is 1.21. The van der Waals surface area contributed by atoms with Crippen molar-refractivity contribution >= 4 is 5.97 Å². The summed E-state index contributed by atoms with van der Waals surface area (Å²) in [6.45, 7) is 7.40. The first kappa shape index (κ1) is 17.1. The van der Waals surface area contributed by atoms with Crippen LogP contribution in [0.2, 0.25) is 0 Å². The molecule has 0 spiro atoms. The molecule has 0 radical (unpaired) electrons. The van der Waals surface area contributed by atoms with Gasteiger partial charge in [-0.2, -0.15) is 5.10 Å². The maximum Gasteiger partial charge on any atom is 0.312 e. The first-order valence-electron chi connectivity index (χ1n) is 7.49. The number of nitrogens with zero attached hydrogens (tertiary/aromatic N) is 2. The minimum atomic E-state index is -0.920. The standard InChI is InChI=1S/C17H20F2N2O2/c1-10(2)7-17(22)23-16-8-11(3)20-21(16)12(4)13-5-6-14(18)15(19)9-13/h5-6,8-10,12H,7H2,1-4H3. The Kier molecular flexibility index (Phi) is 5.13. The summed E-state index contributed by atoms with van der Waals surface area (Å²) >= 11 is 0. The van der Waals surface area contributed by atoms with Gasteiger partial charge >= 0.3 is 5.97 Å². The lowest BCUT2D eigenvalue weighted by atomic mass is 10.1. The minimum Gasteiger partial charge on any atom is -0.408 e. The second-order valence-electron chi connectivity index (χ2n) is 5.99. The van der Waals surface area contributed by atoms with Crippen LogP contribution in [0.3, 0.4) is 0 Å². The van der Waals surface area contributed by atoms with Gasteiger partial charge in [-0.1, -0.05) is 19.9 Å². The highest BCUT2D eigenvalue weighted by atomic mass is 19.2. The normalized spacial score (nSPS) is 12.5. The smallest absolute Gasteiger partial charge is 0.312 e. The molecule has 0 amide bonds. The topological polar surface area (TPSA) is 44.1 Å². The Morgan fingerprint density at radius 2 is 1.91 bits per heavy atom. The highest BCUT2D eigenvalue weighted by molar-refractivity contribution is 5.72. The molecule has 0 fully saturated rings. The fourth-order valence-electron chi connectivity index (χ4n) is 2.25. The van der Waals surface area contributed by atoms with E-state index in [4.69, 9.17) is 4.74 Å². The molecule has 4 nitrogen and oxygen atoms in total. The summed E-state index contributed by atoms with van der Waals surface area (Å²) in [5.74, 6) is -1.69. The zero-order valence-corrected chi connectivity index (χ0v) is 13.6. The van der Waals surface area contributed by atoms with Gasteiger partial charge in [0, 0.05) is 12.5 Å². The van der Waals surface area contributed by atoms with Gasteiger partial charge in [0.25, 0.3) is 0 Å². The van der Waals surface area contributed by atoms with Crippen LogP contribution in [0.1, 0.15) is 44.5 Å². The van der Waals surface area contributed by atoms with Gasteiger partial charge in [0.2, 0.25) is 5.88 Å². The largest absolute Gasteiger partial charge is 0.408 e. The van der Waals surface area contributed by atoms with Crippen molar-refractivity contribution in [1.29, 1.82) is 0 Å². The molecule has 0 aliphatic carbocycles. The first-order chi connectivity index (χ1) is 10.8. The van der Waals surface area contributed by atoms with Crippen LogP contribution in [0.15, 0.2) is 24.3 Å². The number of carbonyl (C=O) groups is 1. The quantitative estimate of drug-likeness (QED) is 0.781. The Morgan fingerprint density at radius 1 is 1.22 bits per heavy atom. The number of carbonyl (C=O) groups excluding carboxylic acids is 1. The van der Waals surface area contributed by atoms with Crippen LogP contribution in [0.5, 0.6) is 5.88 Å². The molecule has 1 unspecified atom stereocenters. The number of aryl methyl sites for hydroxylation is 1. The number of hydrogen-bond acceptors (Lipinski definition) is 3. The predicted molar refractivity (Wildman–Crippen MR) is 82.2 cm³/mol. The van der Waals surface area contributed by atoms with E-state index in [-0.39, 0.29) is 11.9 Å². The molecule has 23 heavy (non-hydrogen) atoms. The van der Waals surface area contributed by atoms with E-state index in [1.54, 1.807) is 19.9 Å². The van der Waals surface area contributed by atoms with Crippen molar-refractivity contribution in [3.05, 3.63) is 47.2 Å². The second-order valence-corrected chi connectivity index (χ2v) is 5.99. The zero-order chi connectivity index (χ0) is 17.1. The molecule has 1 aromatic heterocycles. The van der Waals surface area contributed by atoms with E-state index in [0.29, 0.717) is 23.6 Å². The van der Waals surface area contributed by atoms with Crippen molar-refractivity contribution in [3.8, 4) is 5.88 Å². The molecule has 2 rings (SSSR count). The lowest BCUT2D eigenvalue weighted by molar-refractivity contribution is -0.135. The summed E-state index contributed by atoms with van der Waals surface area (Å²) in [6.07, 6.45) is 0.295. The fourth-order valence-corrected chi connectivity index (χ4v) is 2.25. The molecule has 1 heterocycles. The maximum atomic E-state index is 13.4. The number of aromatic nitrogens is 2. The van der Waals surface area contributed by atoms with Gasteiger partial charge in [-0.15, -0.1) is 0 Å². The molecule has 0 saturated carbocycles. The zero-order valence-electron chi connectivity index (χ0n) is 13.6. The molecule has 6 heteroatoms. The second kappa shape index (κ2) is 6.89. The minimum absolute atomic E-state index is 0.184. The molecular formula is C17H20F2N2O2. The summed E-state index contributed by atoms with van der Waals surface area (Å²) in [7, 11) is 0. The Bertz CT molecular complexity index is 711. The van der Waals surface area contributed by atoms with Crippen LogP contribution < -0.4 is 4.74 Å². The molecule has 0 N–H and O–H groups in total. The summed E-state index contributed by atoms with van der Waals surface area (Å²) in [6, 6.07) is 4.92. The average molecular weight is 322 g/mol. The predicted octanol–water partition coefficient (Wildman–Crippen LogP) is 4.03.